The maximum atomic E-state index is 4.68. The number of para-hydroxylation sites is 2. The number of fused-ring (bicyclic) bond motifs is 6. The van der Waals surface area contributed by atoms with Gasteiger partial charge in [-0.2, -0.15) is 0 Å². The highest BCUT2D eigenvalue weighted by molar-refractivity contribution is 6.53. The van der Waals surface area contributed by atoms with E-state index in [1.165, 1.54) is 23.4 Å². The quantitative estimate of drug-likeness (QED) is 0.781. The molecule has 1 aliphatic carbocycles. The molecule has 3 unspecified atom stereocenters. The molecule has 0 N–H and O–H groups in total. The average Bonchev–Trinajstić information content (AvgIpc) is 3.11. The zero-order chi connectivity index (χ0) is 18.1. The molecule has 4 nitrogen and oxygen atoms in total. The third-order valence-electron chi connectivity index (χ3n) is 6.79. The van der Waals surface area contributed by atoms with Crippen LogP contribution in [-0.4, -0.2) is 31.9 Å². The fraction of sp³-hybridized carbons (Fsp3) is 0.364. The first-order chi connectivity index (χ1) is 12.6. The van der Waals surface area contributed by atoms with E-state index >= 15 is 0 Å². The molecule has 0 bridgehead atoms. The summed E-state index contributed by atoms with van der Waals surface area (Å²) in [6.07, 6.45) is 1.37. The minimum atomic E-state index is 0.152. The van der Waals surface area contributed by atoms with Gasteiger partial charge < -0.3 is 9.80 Å². The summed E-state index contributed by atoms with van der Waals surface area (Å²) in [5.41, 5.74) is 4.23. The lowest BCUT2D eigenvalue weighted by atomic mass is 9.81. The Kier molecular flexibility index (Phi) is 2.98. The maximum absolute atomic E-state index is 4.68. The van der Waals surface area contributed by atoms with Crippen LogP contribution in [0.4, 0.5) is 11.4 Å². The summed E-state index contributed by atoms with van der Waals surface area (Å²) in [4.78, 5) is 14.2. The summed E-state index contributed by atoms with van der Waals surface area (Å²) >= 11 is 0. The summed E-state index contributed by atoms with van der Waals surface area (Å²) in [5.74, 6) is 1.92. The van der Waals surface area contributed by atoms with Crippen LogP contribution in [-0.2, 0) is 5.41 Å². The van der Waals surface area contributed by atoms with Crippen LogP contribution in [0.2, 0.25) is 0 Å². The second-order valence-corrected chi connectivity index (χ2v) is 7.99. The summed E-state index contributed by atoms with van der Waals surface area (Å²) in [5, 5.41) is 0. The van der Waals surface area contributed by atoms with Crippen LogP contribution >= 0.6 is 0 Å². The Morgan fingerprint density at radius 2 is 1.46 bits per heavy atom. The van der Waals surface area contributed by atoms with Crippen LogP contribution in [0, 0.1) is 5.41 Å². The number of amidine groups is 2. The highest BCUT2D eigenvalue weighted by Gasteiger charge is 2.73. The van der Waals surface area contributed by atoms with E-state index in [0.29, 0.717) is 0 Å². The van der Waals surface area contributed by atoms with E-state index in [-0.39, 0.29) is 17.0 Å². The van der Waals surface area contributed by atoms with Crippen molar-refractivity contribution in [2.24, 2.45) is 15.4 Å². The van der Waals surface area contributed by atoms with Gasteiger partial charge >= 0.3 is 0 Å². The Labute approximate surface area is 154 Å². The Hall–Kier alpha value is -2.62. The summed E-state index contributed by atoms with van der Waals surface area (Å²) < 4.78 is 0. The third kappa shape index (κ3) is 1.65. The number of nitrogens with zero attached hydrogens (tertiary/aromatic N) is 4. The van der Waals surface area contributed by atoms with Crippen molar-refractivity contribution in [1.82, 2.24) is 0 Å². The SMILES string of the molecule is C/N=C1\C(=N/C)N2c3ccccc3C3(C)CC3(C)C2N1c1ccccc1. The largest absolute Gasteiger partial charge is 0.302 e. The van der Waals surface area contributed by atoms with Crippen LogP contribution < -0.4 is 9.80 Å². The van der Waals surface area contributed by atoms with Crippen molar-refractivity contribution in [2.75, 3.05) is 23.9 Å². The van der Waals surface area contributed by atoms with E-state index < -0.39 is 0 Å². The molecule has 2 aliphatic heterocycles. The van der Waals surface area contributed by atoms with Crippen molar-refractivity contribution in [3.63, 3.8) is 0 Å². The van der Waals surface area contributed by atoms with Gasteiger partial charge in [0.1, 0.15) is 6.17 Å². The number of benzene rings is 2. The Balaban J connectivity index is 1.80. The molecule has 5 rings (SSSR count). The van der Waals surface area contributed by atoms with Crippen LogP contribution in [0.3, 0.4) is 0 Å². The van der Waals surface area contributed by atoms with Gasteiger partial charge in [-0.15, -0.1) is 0 Å². The van der Waals surface area contributed by atoms with Gasteiger partial charge in [-0.1, -0.05) is 50.2 Å². The number of rotatable bonds is 1. The zero-order valence-electron chi connectivity index (χ0n) is 15.8. The molecule has 0 spiro atoms. The highest BCUT2D eigenvalue weighted by Crippen LogP contribution is 2.72. The summed E-state index contributed by atoms with van der Waals surface area (Å²) in [6, 6.07) is 19.4. The minimum Gasteiger partial charge on any atom is -0.302 e. The molecular weight excluding hydrogens is 320 g/mol. The molecule has 26 heavy (non-hydrogen) atoms. The smallest absolute Gasteiger partial charge is 0.173 e. The van der Waals surface area contributed by atoms with Crippen molar-refractivity contribution in [1.29, 1.82) is 0 Å². The summed E-state index contributed by atoms with van der Waals surface area (Å²) in [6.45, 7) is 4.83. The first-order valence-electron chi connectivity index (χ1n) is 9.24. The van der Waals surface area contributed by atoms with Gasteiger partial charge in [-0.05, 0) is 30.2 Å². The van der Waals surface area contributed by atoms with Gasteiger partial charge in [-0.25, -0.2) is 0 Å². The Morgan fingerprint density at radius 3 is 2.15 bits per heavy atom. The standard InChI is InChI=1S/C22H24N4/c1-21-14-22(21,2)20-25(15-10-6-5-7-11-15)18(23-3)19(24-4)26(20)17-13-9-8-12-16(17)21/h5-13,20H,14H2,1-4H3/b23-18+,24-19+. The molecule has 0 aromatic heterocycles. The molecule has 2 heterocycles. The van der Waals surface area contributed by atoms with E-state index in [0.717, 1.165) is 11.7 Å². The predicted octanol–water partition coefficient (Wildman–Crippen LogP) is 4.08. The molecule has 3 aliphatic rings. The molecule has 1 saturated heterocycles. The normalized spacial score (nSPS) is 34.7. The molecule has 0 radical (unpaired) electrons. The van der Waals surface area contributed by atoms with Gasteiger partial charge in [0.05, 0.1) is 0 Å². The van der Waals surface area contributed by atoms with Crippen molar-refractivity contribution >= 4 is 23.0 Å². The topological polar surface area (TPSA) is 31.2 Å². The molecule has 3 atom stereocenters. The third-order valence-corrected chi connectivity index (χ3v) is 6.79. The average molecular weight is 344 g/mol. The molecule has 0 amide bonds. The van der Waals surface area contributed by atoms with E-state index in [2.05, 4.69) is 88.2 Å². The zero-order valence-corrected chi connectivity index (χ0v) is 15.8. The van der Waals surface area contributed by atoms with Crippen molar-refractivity contribution in [2.45, 2.75) is 31.8 Å². The molecule has 132 valence electrons. The van der Waals surface area contributed by atoms with E-state index in [9.17, 15) is 0 Å². The number of hydrogen-bond donors (Lipinski definition) is 0. The second kappa shape index (κ2) is 4.97. The van der Waals surface area contributed by atoms with Gasteiger partial charge in [0.15, 0.2) is 11.7 Å². The van der Waals surface area contributed by atoms with Crippen molar-refractivity contribution in [3.8, 4) is 0 Å². The first-order valence-corrected chi connectivity index (χ1v) is 9.24. The number of anilines is 2. The van der Waals surface area contributed by atoms with Crippen LogP contribution in [0.25, 0.3) is 0 Å². The predicted molar refractivity (Wildman–Crippen MR) is 108 cm³/mol. The second-order valence-electron chi connectivity index (χ2n) is 7.99. The number of hydrogen-bond acceptors (Lipinski definition) is 2. The van der Waals surface area contributed by atoms with Crippen molar-refractivity contribution < 1.29 is 0 Å². The number of aliphatic imine (C=N–C) groups is 2. The van der Waals surface area contributed by atoms with Gasteiger partial charge in [0.25, 0.3) is 0 Å². The highest BCUT2D eigenvalue weighted by atomic mass is 15.5. The van der Waals surface area contributed by atoms with Crippen LogP contribution in [0.15, 0.2) is 64.6 Å². The lowest BCUT2D eigenvalue weighted by Gasteiger charge is -2.43. The van der Waals surface area contributed by atoms with E-state index in [4.69, 9.17) is 0 Å². The van der Waals surface area contributed by atoms with Gasteiger partial charge in [-0.3, -0.25) is 9.98 Å². The van der Waals surface area contributed by atoms with E-state index in [1.807, 2.05) is 14.1 Å². The maximum Gasteiger partial charge on any atom is 0.173 e. The van der Waals surface area contributed by atoms with Crippen LogP contribution in [0.5, 0.6) is 0 Å². The fourth-order valence-corrected chi connectivity index (χ4v) is 5.27. The Bertz CT molecular complexity index is 948. The van der Waals surface area contributed by atoms with Gasteiger partial charge in [0, 0.05) is 36.3 Å². The van der Waals surface area contributed by atoms with Gasteiger partial charge in [0.2, 0.25) is 0 Å². The molecule has 2 fully saturated rings. The first kappa shape index (κ1) is 15.6. The molecule has 4 heteroatoms. The monoisotopic (exact) mass is 344 g/mol. The van der Waals surface area contributed by atoms with Crippen LogP contribution in [0.1, 0.15) is 25.8 Å². The fourth-order valence-electron chi connectivity index (χ4n) is 5.27. The lowest BCUT2D eigenvalue weighted by Crippen LogP contribution is -2.51. The lowest BCUT2D eigenvalue weighted by molar-refractivity contribution is 0.378. The molecule has 2 aromatic carbocycles. The Morgan fingerprint density at radius 1 is 0.846 bits per heavy atom. The van der Waals surface area contributed by atoms with E-state index in [1.54, 1.807) is 0 Å². The molecular formula is C22H24N4. The minimum absolute atomic E-state index is 0.152. The molecule has 1 saturated carbocycles. The van der Waals surface area contributed by atoms with Crippen molar-refractivity contribution in [3.05, 3.63) is 60.2 Å². The molecule has 2 aromatic rings. The summed E-state index contributed by atoms with van der Waals surface area (Å²) in [7, 11) is 3.74.